The molecule has 196 valence electrons. The molecule has 0 aliphatic carbocycles. The SMILES string of the molecule is CNCC(O)COc1cccc(-c2nc(CC3CCOC3)c(C)c(C(=O)NC3CCN(C)CC3)n2)c1. The summed E-state index contributed by atoms with van der Waals surface area (Å²) in [5, 5.41) is 16.1. The molecule has 1 aromatic heterocycles. The van der Waals surface area contributed by atoms with Gasteiger partial charge in [0.25, 0.3) is 5.91 Å². The van der Waals surface area contributed by atoms with E-state index in [0.717, 1.165) is 62.2 Å². The fraction of sp³-hybridized carbons (Fsp3) is 0.593. The Labute approximate surface area is 213 Å². The van der Waals surface area contributed by atoms with Gasteiger partial charge < -0.3 is 30.1 Å². The molecule has 0 radical (unpaired) electrons. The summed E-state index contributed by atoms with van der Waals surface area (Å²) in [6.07, 6.45) is 3.01. The number of carbonyl (C=O) groups excluding carboxylic acids is 1. The number of piperidine rings is 1. The van der Waals surface area contributed by atoms with E-state index in [2.05, 4.69) is 22.6 Å². The fourth-order valence-electron chi connectivity index (χ4n) is 4.75. The molecule has 9 nitrogen and oxygen atoms in total. The van der Waals surface area contributed by atoms with Crippen LogP contribution in [-0.4, -0.2) is 91.6 Å². The number of nitrogens with zero attached hydrogens (tertiary/aromatic N) is 3. The van der Waals surface area contributed by atoms with Crippen molar-refractivity contribution in [2.24, 2.45) is 5.92 Å². The van der Waals surface area contributed by atoms with Crippen LogP contribution in [-0.2, 0) is 11.2 Å². The maximum atomic E-state index is 13.4. The second-order valence-electron chi connectivity index (χ2n) is 10.0. The molecule has 1 amide bonds. The first kappa shape index (κ1) is 26.5. The second kappa shape index (κ2) is 12.6. The molecule has 2 atom stereocenters. The molecule has 2 aromatic rings. The molecule has 2 unspecified atom stereocenters. The Bertz CT molecular complexity index is 1020. The van der Waals surface area contributed by atoms with Crippen molar-refractivity contribution in [3.63, 3.8) is 0 Å². The minimum Gasteiger partial charge on any atom is -0.491 e. The average molecular weight is 498 g/mol. The van der Waals surface area contributed by atoms with Crippen LogP contribution in [0.5, 0.6) is 5.75 Å². The summed E-state index contributed by atoms with van der Waals surface area (Å²) >= 11 is 0. The Kier molecular flexibility index (Phi) is 9.25. The molecular weight excluding hydrogens is 458 g/mol. The Morgan fingerprint density at radius 3 is 2.81 bits per heavy atom. The number of aliphatic hydroxyl groups is 1. The highest BCUT2D eigenvalue weighted by Gasteiger charge is 2.25. The Hall–Kier alpha value is -2.59. The lowest BCUT2D eigenvalue weighted by atomic mass is 9.98. The van der Waals surface area contributed by atoms with Crippen LogP contribution < -0.4 is 15.4 Å². The van der Waals surface area contributed by atoms with Gasteiger partial charge in [-0.15, -0.1) is 0 Å². The van der Waals surface area contributed by atoms with Crippen molar-refractivity contribution in [2.45, 2.75) is 44.8 Å². The summed E-state index contributed by atoms with van der Waals surface area (Å²) in [5.41, 5.74) is 2.93. The van der Waals surface area contributed by atoms with Crippen LogP contribution in [0.4, 0.5) is 0 Å². The lowest BCUT2D eigenvalue weighted by Gasteiger charge is -2.29. The number of hydrogen-bond donors (Lipinski definition) is 3. The van der Waals surface area contributed by atoms with E-state index >= 15 is 0 Å². The summed E-state index contributed by atoms with van der Waals surface area (Å²) in [4.78, 5) is 25.3. The summed E-state index contributed by atoms with van der Waals surface area (Å²) in [7, 11) is 3.89. The lowest BCUT2D eigenvalue weighted by molar-refractivity contribution is 0.0910. The van der Waals surface area contributed by atoms with Crippen molar-refractivity contribution in [2.75, 3.05) is 53.6 Å². The van der Waals surface area contributed by atoms with E-state index in [-0.39, 0.29) is 18.6 Å². The number of rotatable bonds is 10. The lowest BCUT2D eigenvalue weighted by Crippen LogP contribution is -2.43. The van der Waals surface area contributed by atoms with E-state index in [9.17, 15) is 9.90 Å². The van der Waals surface area contributed by atoms with Crippen LogP contribution in [0.2, 0.25) is 0 Å². The van der Waals surface area contributed by atoms with Crippen molar-refractivity contribution < 1.29 is 19.4 Å². The largest absolute Gasteiger partial charge is 0.491 e. The molecule has 2 fully saturated rings. The predicted molar refractivity (Wildman–Crippen MR) is 138 cm³/mol. The van der Waals surface area contributed by atoms with Gasteiger partial charge in [-0.25, -0.2) is 9.97 Å². The van der Waals surface area contributed by atoms with E-state index in [1.807, 2.05) is 31.2 Å². The van der Waals surface area contributed by atoms with Crippen molar-refractivity contribution in [1.82, 2.24) is 25.5 Å². The number of hydrogen-bond acceptors (Lipinski definition) is 8. The molecule has 0 spiro atoms. The van der Waals surface area contributed by atoms with Gasteiger partial charge in [0.05, 0.1) is 0 Å². The molecule has 4 rings (SSSR count). The Morgan fingerprint density at radius 2 is 2.08 bits per heavy atom. The van der Waals surface area contributed by atoms with Crippen molar-refractivity contribution in [3.05, 3.63) is 41.2 Å². The van der Waals surface area contributed by atoms with Crippen LogP contribution in [0.25, 0.3) is 11.4 Å². The maximum Gasteiger partial charge on any atom is 0.270 e. The molecule has 2 aliphatic rings. The number of amides is 1. The molecule has 0 bridgehead atoms. The molecule has 2 saturated heterocycles. The number of likely N-dealkylation sites (N-methyl/N-ethyl adjacent to an activating group) is 1. The second-order valence-corrected chi connectivity index (χ2v) is 10.0. The molecule has 9 heteroatoms. The quantitative estimate of drug-likeness (QED) is 0.456. The van der Waals surface area contributed by atoms with E-state index in [0.29, 0.717) is 36.3 Å². The topological polar surface area (TPSA) is 109 Å². The van der Waals surface area contributed by atoms with Gasteiger partial charge in [0.2, 0.25) is 0 Å². The zero-order chi connectivity index (χ0) is 25.5. The molecule has 2 aliphatic heterocycles. The number of likely N-dealkylation sites (tertiary alicyclic amines) is 1. The Morgan fingerprint density at radius 1 is 1.28 bits per heavy atom. The van der Waals surface area contributed by atoms with Gasteiger partial charge in [-0.05, 0) is 77.8 Å². The molecule has 36 heavy (non-hydrogen) atoms. The molecule has 0 saturated carbocycles. The van der Waals surface area contributed by atoms with Crippen molar-refractivity contribution in [1.29, 1.82) is 0 Å². The van der Waals surface area contributed by atoms with Gasteiger partial charge in [-0.1, -0.05) is 12.1 Å². The minimum absolute atomic E-state index is 0.141. The highest BCUT2D eigenvalue weighted by Crippen LogP contribution is 2.26. The van der Waals surface area contributed by atoms with Crippen LogP contribution in [0.1, 0.15) is 41.0 Å². The highest BCUT2D eigenvalue weighted by molar-refractivity contribution is 5.94. The Balaban J connectivity index is 1.59. The van der Waals surface area contributed by atoms with E-state index in [1.165, 1.54) is 0 Å². The first-order chi connectivity index (χ1) is 17.4. The predicted octanol–water partition coefficient (Wildman–Crippen LogP) is 1.81. The van der Waals surface area contributed by atoms with Gasteiger partial charge >= 0.3 is 0 Å². The fourth-order valence-corrected chi connectivity index (χ4v) is 4.75. The maximum absolute atomic E-state index is 13.4. The van der Waals surface area contributed by atoms with E-state index in [4.69, 9.17) is 19.4 Å². The minimum atomic E-state index is -0.607. The van der Waals surface area contributed by atoms with E-state index < -0.39 is 6.10 Å². The standard InChI is InChI=1S/C27H39N5O4/c1-18-24(13-19-9-12-35-16-19)30-26(20-5-4-6-23(14-20)36-17-22(33)15-28-2)31-25(18)27(34)29-21-7-10-32(3)11-8-21/h4-6,14,19,21-22,28,33H,7-13,15-17H2,1-3H3,(H,29,34). The first-order valence-corrected chi connectivity index (χ1v) is 12.9. The third kappa shape index (κ3) is 7.00. The van der Waals surface area contributed by atoms with Gasteiger partial charge in [-0.3, -0.25) is 4.79 Å². The number of carbonyl (C=O) groups is 1. The van der Waals surface area contributed by atoms with Gasteiger partial charge in [0.1, 0.15) is 24.2 Å². The molecule has 3 N–H and O–H groups in total. The van der Waals surface area contributed by atoms with Crippen LogP contribution in [0.3, 0.4) is 0 Å². The van der Waals surface area contributed by atoms with Crippen LogP contribution >= 0.6 is 0 Å². The van der Waals surface area contributed by atoms with Crippen molar-refractivity contribution >= 4 is 5.91 Å². The molecular formula is C27H39N5O4. The molecule has 3 heterocycles. The summed E-state index contributed by atoms with van der Waals surface area (Å²) in [6.45, 7) is 6.00. The number of nitrogens with one attached hydrogen (secondary N) is 2. The number of aliphatic hydroxyl groups excluding tert-OH is 1. The summed E-state index contributed by atoms with van der Waals surface area (Å²) in [6, 6.07) is 7.65. The normalized spacial score (nSPS) is 19.8. The van der Waals surface area contributed by atoms with Crippen LogP contribution in [0.15, 0.2) is 24.3 Å². The smallest absolute Gasteiger partial charge is 0.270 e. The van der Waals surface area contributed by atoms with Gasteiger partial charge in [0, 0.05) is 42.6 Å². The third-order valence-corrected chi connectivity index (χ3v) is 7.00. The summed E-state index contributed by atoms with van der Waals surface area (Å²) < 4.78 is 11.4. The van der Waals surface area contributed by atoms with Crippen molar-refractivity contribution in [3.8, 4) is 17.1 Å². The van der Waals surface area contributed by atoms with Crippen LogP contribution in [0, 0.1) is 12.8 Å². The zero-order valence-corrected chi connectivity index (χ0v) is 21.6. The molecule has 1 aromatic carbocycles. The zero-order valence-electron chi connectivity index (χ0n) is 21.6. The highest BCUT2D eigenvalue weighted by atomic mass is 16.5. The number of ether oxygens (including phenoxy) is 2. The first-order valence-electron chi connectivity index (χ1n) is 12.9. The van der Waals surface area contributed by atoms with E-state index in [1.54, 1.807) is 7.05 Å². The third-order valence-electron chi connectivity index (χ3n) is 7.00. The van der Waals surface area contributed by atoms with Gasteiger partial charge in [0.15, 0.2) is 5.82 Å². The summed E-state index contributed by atoms with van der Waals surface area (Å²) in [5.74, 6) is 1.37. The average Bonchev–Trinajstić information content (AvgIpc) is 3.39. The van der Waals surface area contributed by atoms with Gasteiger partial charge in [-0.2, -0.15) is 0 Å². The monoisotopic (exact) mass is 497 g/mol. The number of benzene rings is 1. The number of aromatic nitrogens is 2.